The predicted molar refractivity (Wildman–Crippen MR) is 113 cm³/mol. The van der Waals surface area contributed by atoms with Gasteiger partial charge in [-0.15, -0.1) is 11.3 Å². The van der Waals surface area contributed by atoms with E-state index in [9.17, 15) is 4.79 Å². The SMILES string of the molecule is CCCOC(=O)C1(c2nccs2)CN=C(Nc2c3c(cc4c2CCC4)CCC3)O1. The number of anilines is 1. The number of ether oxygens (including phenoxy) is 2. The highest BCUT2D eigenvalue weighted by Crippen LogP contribution is 2.40. The molecule has 7 heteroatoms. The third-order valence-electron chi connectivity index (χ3n) is 5.97. The van der Waals surface area contributed by atoms with Gasteiger partial charge in [-0.25, -0.2) is 14.8 Å². The maximum absolute atomic E-state index is 12.9. The molecule has 2 aliphatic carbocycles. The van der Waals surface area contributed by atoms with Gasteiger partial charge in [0, 0.05) is 17.3 Å². The summed E-state index contributed by atoms with van der Waals surface area (Å²) in [6.45, 7) is 2.51. The van der Waals surface area contributed by atoms with Crippen LogP contribution in [0.1, 0.15) is 53.4 Å². The molecule has 1 aliphatic heterocycles. The summed E-state index contributed by atoms with van der Waals surface area (Å²) in [5.41, 5.74) is 5.53. The fourth-order valence-electron chi connectivity index (χ4n) is 4.59. The summed E-state index contributed by atoms with van der Waals surface area (Å²) in [5.74, 6) is -0.418. The largest absolute Gasteiger partial charge is 0.462 e. The van der Waals surface area contributed by atoms with Crippen molar-refractivity contribution in [2.45, 2.75) is 57.5 Å². The van der Waals surface area contributed by atoms with E-state index in [-0.39, 0.29) is 6.54 Å². The number of fused-ring (bicyclic) bond motifs is 2. The number of aromatic nitrogens is 1. The van der Waals surface area contributed by atoms with Crippen LogP contribution in [0.5, 0.6) is 0 Å². The minimum atomic E-state index is -1.28. The van der Waals surface area contributed by atoms with Crippen LogP contribution in [0.4, 0.5) is 5.69 Å². The van der Waals surface area contributed by atoms with Gasteiger partial charge in [0.25, 0.3) is 11.6 Å². The Morgan fingerprint density at radius 1 is 1.24 bits per heavy atom. The standard InChI is InChI=1S/C22H25N3O3S/c1-2-10-27-20(26)22(19-23-9-11-29-19)13-24-21(28-22)25-18-16-7-3-5-14(16)12-15-6-4-8-17(15)18/h9,11-12H,2-8,10,13H2,1H3,(H,24,25). The number of aliphatic imine (C=N–C) groups is 1. The van der Waals surface area contributed by atoms with Crippen LogP contribution in [-0.4, -0.2) is 30.1 Å². The Kier molecular flexibility index (Phi) is 4.78. The Bertz CT molecular complexity index is 938. The molecule has 0 saturated carbocycles. The lowest BCUT2D eigenvalue weighted by Gasteiger charge is -2.24. The van der Waals surface area contributed by atoms with Crippen LogP contribution in [0, 0.1) is 0 Å². The second-order valence-electron chi connectivity index (χ2n) is 7.88. The zero-order chi connectivity index (χ0) is 19.8. The van der Waals surface area contributed by atoms with E-state index < -0.39 is 11.6 Å². The highest BCUT2D eigenvalue weighted by atomic mass is 32.1. The van der Waals surface area contributed by atoms with Crippen LogP contribution >= 0.6 is 11.3 Å². The molecule has 1 unspecified atom stereocenters. The van der Waals surface area contributed by atoms with Crippen LogP contribution in [-0.2, 0) is 45.6 Å². The van der Waals surface area contributed by atoms with Crippen molar-refractivity contribution in [3.63, 3.8) is 0 Å². The Hall–Kier alpha value is -2.41. The summed E-state index contributed by atoms with van der Waals surface area (Å²) in [7, 11) is 0. The molecule has 0 radical (unpaired) electrons. The van der Waals surface area contributed by atoms with Gasteiger partial charge in [0.05, 0.1) is 6.61 Å². The number of thiazole rings is 1. The number of nitrogens with zero attached hydrogens (tertiary/aromatic N) is 2. The molecule has 29 heavy (non-hydrogen) atoms. The van der Waals surface area contributed by atoms with E-state index >= 15 is 0 Å². The number of aryl methyl sites for hydroxylation is 2. The molecule has 5 rings (SSSR count). The van der Waals surface area contributed by atoms with E-state index in [0.29, 0.717) is 17.6 Å². The van der Waals surface area contributed by atoms with E-state index in [2.05, 4.69) is 21.4 Å². The molecule has 0 spiro atoms. The fourth-order valence-corrected chi connectivity index (χ4v) is 5.34. The van der Waals surface area contributed by atoms with Crippen LogP contribution in [0.15, 0.2) is 22.6 Å². The van der Waals surface area contributed by atoms with E-state index in [4.69, 9.17) is 9.47 Å². The molecule has 6 nitrogen and oxygen atoms in total. The van der Waals surface area contributed by atoms with Gasteiger partial charge in [-0.2, -0.15) is 0 Å². The average Bonchev–Trinajstić information content (AvgIpc) is 3.52. The molecular formula is C22H25N3O3S. The fraction of sp³-hybridized carbons (Fsp3) is 0.500. The molecular weight excluding hydrogens is 386 g/mol. The average molecular weight is 412 g/mol. The predicted octanol–water partition coefficient (Wildman–Crippen LogP) is 3.77. The molecule has 1 atom stereocenters. The minimum absolute atomic E-state index is 0.183. The molecule has 3 aliphatic rings. The first-order valence-corrected chi connectivity index (χ1v) is 11.3. The lowest BCUT2D eigenvalue weighted by Crippen LogP contribution is -2.41. The van der Waals surface area contributed by atoms with Gasteiger partial charge >= 0.3 is 5.97 Å². The van der Waals surface area contributed by atoms with Gasteiger partial charge in [-0.1, -0.05) is 13.0 Å². The number of carbonyl (C=O) groups is 1. The van der Waals surface area contributed by atoms with Crippen molar-refractivity contribution in [1.82, 2.24) is 4.98 Å². The Labute approximate surface area is 174 Å². The quantitative estimate of drug-likeness (QED) is 0.759. The normalized spacial score (nSPS) is 22.0. The number of amidine groups is 1. The van der Waals surface area contributed by atoms with Gasteiger partial charge in [0.2, 0.25) is 0 Å². The first kappa shape index (κ1) is 18.6. The van der Waals surface area contributed by atoms with Gasteiger partial charge in [0.1, 0.15) is 6.54 Å². The van der Waals surface area contributed by atoms with Gasteiger partial charge < -0.3 is 14.8 Å². The zero-order valence-corrected chi connectivity index (χ0v) is 17.4. The Morgan fingerprint density at radius 3 is 2.66 bits per heavy atom. The van der Waals surface area contributed by atoms with Crippen molar-refractivity contribution in [1.29, 1.82) is 0 Å². The third kappa shape index (κ3) is 3.12. The molecule has 0 amide bonds. The first-order chi connectivity index (χ1) is 14.2. The number of hydrogen-bond acceptors (Lipinski definition) is 7. The summed E-state index contributed by atoms with van der Waals surface area (Å²) in [6.07, 6.45) is 9.24. The highest BCUT2D eigenvalue weighted by Gasteiger charge is 2.51. The summed E-state index contributed by atoms with van der Waals surface area (Å²) >= 11 is 1.39. The summed E-state index contributed by atoms with van der Waals surface area (Å²) in [5, 5.41) is 5.90. The van der Waals surface area contributed by atoms with Gasteiger partial charge in [-0.3, -0.25) is 0 Å². The Morgan fingerprint density at radius 2 is 2.00 bits per heavy atom. The van der Waals surface area contributed by atoms with E-state index in [1.54, 1.807) is 6.20 Å². The highest BCUT2D eigenvalue weighted by molar-refractivity contribution is 7.09. The molecule has 2 aromatic rings. The van der Waals surface area contributed by atoms with Crippen LogP contribution in [0.25, 0.3) is 0 Å². The zero-order valence-electron chi connectivity index (χ0n) is 16.6. The molecule has 152 valence electrons. The van der Waals surface area contributed by atoms with E-state index in [1.807, 2.05) is 12.3 Å². The lowest BCUT2D eigenvalue weighted by molar-refractivity contribution is -0.162. The summed E-state index contributed by atoms with van der Waals surface area (Å²) in [4.78, 5) is 21.8. The molecule has 1 aromatic carbocycles. The third-order valence-corrected chi connectivity index (χ3v) is 6.88. The van der Waals surface area contributed by atoms with Crippen LogP contribution in [0.3, 0.4) is 0 Å². The Balaban J connectivity index is 1.44. The van der Waals surface area contributed by atoms with E-state index in [0.717, 1.165) is 37.8 Å². The van der Waals surface area contributed by atoms with Crippen molar-refractivity contribution in [3.05, 3.63) is 44.9 Å². The first-order valence-electron chi connectivity index (χ1n) is 10.5. The second-order valence-corrected chi connectivity index (χ2v) is 8.78. The lowest BCUT2D eigenvalue weighted by atomic mass is 9.99. The van der Waals surface area contributed by atoms with Crippen molar-refractivity contribution < 1.29 is 14.3 Å². The molecule has 0 bridgehead atoms. The molecule has 2 heterocycles. The molecule has 1 aromatic heterocycles. The number of rotatable bonds is 5. The summed E-state index contributed by atoms with van der Waals surface area (Å²) < 4.78 is 11.6. The second kappa shape index (κ2) is 7.44. The number of nitrogens with one attached hydrogen (secondary N) is 1. The number of benzene rings is 1. The van der Waals surface area contributed by atoms with Crippen molar-refractivity contribution in [3.8, 4) is 0 Å². The summed E-state index contributed by atoms with van der Waals surface area (Å²) in [6, 6.07) is 2.79. The van der Waals surface area contributed by atoms with E-state index in [1.165, 1.54) is 46.4 Å². The van der Waals surface area contributed by atoms with Crippen molar-refractivity contribution in [2.75, 3.05) is 18.5 Å². The molecule has 0 fully saturated rings. The number of hydrogen-bond donors (Lipinski definition) is 1. The monoisotopic (exact) mass is 411 g/mol. The van der Waals surface area contributed by atoms with Crippen molar-refractivity contribution in [2.24, 2.45) is 4.99 Å². The van der Waals surface area contributed by atoms with Crippen LogP contribution in [0.2, 0.25) is 0 Å². The topological polar surface area (TPSA) is 72.8 Å². The molecule has 1 N–H and O–H groups in total. The van der Waals surface area contributed by atoms with Gasteiger partial charge in [0.15, 0.2) is 5.01 Å². The minimum Gasteiger partial charge on any atom is -0.462 e. The number of esters is 1. The number of carbonyl (C=O) groups excluding carboxylic acids is 1. The molecule has 0 saturated heterocycles. The maximum atomic E-state index is 12.9. The van der Waals surface area contributed by atoms with Gasteiger partial charge in [-0.05, 0) is 67.2 Å². The van der Waals surface area contributed by atoms with Crippen LogP contribution < -0.4 is 5.32 Å². The smallest absolute Gasteiger partial charge is 0.359 e. The maximum Gasteiger partial charge on any atom is 0.359 e. The van der Waals surface area contributed by atoms with Crippen molar-refractivity contribution >= 4 is 29.0 Å².